The average Bonchev–Trinajstić information content (AvgIpc) is 2.09. The molecule has 1 aliphatic rings. The van der Waals surface area contributed by atoms with Gasteiger partial charge in [0.25, 0.3) is 0 Å². The molecule has 1 rings (SSSR count). The molecule has 1 fully saturated rings. The summed E-state index contributed by atoms with van der Waals surface area (Å²) in [5.74, 6) is 0. The quantitative estimate of drug-likeness (QED) is 0.468. The Morgan fingerprint density at radius 1 is 1.58 bits per heavy atom. The highest BCUT2D eigenvalue weighted by molar-refractivity contribution is 5.32. The van der Waals surface area contributed by atoms with Gasteiger partial charge in [-0.15, -0.1) is 0 Å². The van der Waals surface area contributed by atoms with E-state index in [-0.39, 0.29) is 0 Å². The third-order valence-electron chi connectivity index (χ3n) is 2.50. The molecule has 0 radical (unpaired) electrons. The van der Waals surface area contributed by atoms with Crippen LogP contribution in [0.3, 0.4) is 0 Å². The van der Waals surface area contributed by atoms with Crippen molar-refractivity contribution in [3.8, 4) is 0 Å². The molecule has 0 aromatic rings. The molecule has 1 saturated heterocycles. The van der Waals surface area contributed by atoms with Crippen LogP contribution in [0.15, 0.2) is 4.99 Å². The molecule has 0 aliphatic carbocycles. The van der Waals surface area contributed by atoms with Crippen molar-refractivity contribution >= 4 is 6.08 Å². The SMILES string of the molecule is CC1CCCCN1CCN=C=O. The number of hydrogen-bond acceptors (Lipinski definition) is 3. The maximum Gasteiger partial charge on any atom is 0.234 e. The van der Waals surface area contributed by atoms with Gasteiger partial charge < -0.3 is 0 Å². The predicted molar refractivity (Wildman–Crippen MR) is 47.9 cm³/mol. The van der Waals surface area contributed by atoms with Crippen molar-refractivity contribution in [1.82, 2.24) is 4.90 Å². The van der Waals surface area contributed by atoms with Crippen molar-refractivity contribution in [3.05, 3.63) is 0 Å². The van der Waals surface area contributed by atoms with Gasteiger partial charge in [-0.05, 0) is 26.3 Å². The molecule has 0 bridgehead atoms. The van der Waals surface area contributed by atoms with Crippen molar-refractivity contribution in [2.75, 3.05) is 19.6 Å². The van der Waals surface area contributed by atoms with E-state index in [1.165, 1.54) is 19.3 Å². The Hall–Kier alpha value is -0.660. The van der Waals surface area contributed by atoms with E-state index in [9.17, 15) is 4.79 Å². The average molecular weight is 168 g/mol. The van der Waals surface area contributed by atoms with Crippen LogP contribution in [-0.4, -0.2) is 36.7 Å². The second-order valence-corrected chi connectivity index (χ2v) is 3.35. The normalized spacial score (nSPS) is 24.9. The molecule has 1 aliphatic heterocycles. The molecule has 0 amide bonds. The number of aliphatic imine (C=N–C) groups is 1. The molecule has 0 spiro atoms. The number of hydrogen-bond donors (Lipinski definition) is 0. The molecule has 0 aromatic carbocycles. The third kappa shape index (κ3) is 2.76. The first-order valence-electron chi connectivity index (χ1n) is 4.62. The summed E-state index contributed by atoms with van der Waals surface area (Å²) in [6.45, 7) is 4.92. The van der Waals surface area contributed by atoms with Crippen molar-refractivity contribution in [3.63, 3.8) is 0 Å². The summed E-state index contributed by atoms with van der Waals surface area (Å²) >= 11 is 0. The van der Waals surface area contributed by atoms with Crippen LogP contribution in [-0.2, 0) is 4.79 Å². The summed E-state index contributed by atoms with van der Waals surface area (Å²) in [4.78, 5) is 15.8. The fourth-order valence-corrected chi connectivity index (χ4v) is 1.71. The van der Waals surface area contributed by atoms with Crippen LogP contribution in [0.2, 0.25) is 0 Å². The van der Waals surface area contributed by atoms with E-state index in [4.69, 9.17) is 0 Å². The van der Waals surface area contributed by atoms with Crippen molar-refractivity contribution in [2.45, 2.75) is 32.2 Å². The van der Waals surface area contributed by atoms with Crippen LogP contribution < -0.4 is 0 Å². The van der Waals surface area contributed by atoms with Gasteiger partial charge in [-0.1, -0.05) is 6.42 Å². The molecular weight excluding hydrogens is 152 g/mol. The molecule has 1 heterocycles. The molecule has 3 nitrogen and oxygen atoms in total. The molecule has 0 aromatic heterocycles. The van der Waals surface area contributed by atoms with Gasteiger partial charge in [0.1, 0.15) is 0 Å². The fraction of sp³-hybridized carbons (Fsp3) is 0.889. The zero-order chi connectivity index (χ0) is 8.81. The number of isocyanates is 1. The summed E-state index contributed by atoms with van der Waals surface area (Å²) < 4.78 is 0. The Kier molecular flexibility index (Phi) is 3.98. The molecule has 68 valence electrons. The van der Waals surface area contributed by atoms with E-state index in [2.05, 4.69) is 16.8 Å². The first-order valence-corrected chi connectivity index (χ1v) is 4.62. The monoisotopic (exact) mass is 168 g/mol. The van der Waals surface area contributed by atoms with E-state index < -0.39 is 0 Å². The highest BCUT2D eigenvalue weighted by Gasteiger charge is 2.16. The van der Waals surface area contributed by atoms with E-state index in [1.807, 2.05) is 0 Å². The van der Waals surface area contributed by atoms with Gasteiger partial charge in [-0.2, -0.15) is 0 Å². The van der Waals surface area contributed by atoms with Gasteiger partial charge in [0.15, 0.2) is 0 Å². The summed E-state index contributed by atoms with van der Waals surface area (Å²) in [6, 6.07) is 0.667. The first-order chi connectivity index (χ1) is 5.84. The predicted octanol–water partition coefficient (Wildman–Crippen LogP) is 1.20. The van der Waals surface area contributed by atoms with Crippen molar-refractivity contribution in [1.29, 1.82) is 0 Å². The Morgan fingerprint density at radius 2 is 2.42 bits per heavy atom. The highest BCUT2D eigenvalue weighted by atomic mass is 16.1. The van der Waals surface area contributed by atoms with Crippen LogP contribution in [0.25, 0.3) is 0 Å². The van der Waals surface area contributed by atoms with Crippen LogP contribution in [0, 0.1) is 0 Å². The fourth-order valence-electron chi connectivity index (χ4n) is 1.71. The van der Waals surface area contributed by atoms with E-state index >= 15 is 0 Å². The smallest absolute Gasteiger partial charge is 0.234 e. The Balaban J connectivity index is 2.24. The number of piperidine rings is 1. The number of carbonyl (C=O) groups excluding carboxylic acids is 1. The maximum atomic E-state index is 9.82. The van der Waals surface area contributed by atoms with E-state index in [0.29, 0.717) is 12.6 Å². The van der Waals surface area contributed by atoms with Crippen LogP contribution >= 0.6 is 0 Å². The summed E-state index contributed by atoms with van der Waals surface area (Å²) in [6.07, 6.45) is 5.48. The standard InChI is InChI=1S/C9H16N2O/c1-9-4-2-3-6-11(9)7-5-10-8-12/h9H,2-7H2,1H3. The molecule has 12 heavy (non-hydrogen) atoms. The summed E-state index contributed by atoms with van der Waals surface area (Å²) in [7, 11) is 0. The number of likely N-dealkylation sites (tertiary alicyclic amines) is 1. The van der Waals surface area contributed by atoms with Crippen LogP contribution in [0.1, 0.15) is 26.2 Å². The zero-order valence-corrected chi connectivity index (χ0v) is 7.62. The largest absolute Gasteiger partial charge is 0.299 e. The lowest BCUT2D eigenvalue weighted by atomic mass is 10.0. The summed E-state index contributed by atoms with van der Waals surface area (Å²) in [5, 5.41) is 0. The van der Waals surface area contributed by atoms with Gasteiger partial charge in [0.2, 0.25) is 6.08 Å². The minimum Gasteiger partial charge on any atom is -0.299 e. The lowest BCUT2D eigenvalue weighted by Gasteiger charge is -2.32. The minimum atomic E-state index is 0.605. The third-order valence-corrected chi connectivity index (χ3v) is 2.50. The molecule has 1 unspecified atom stereocenters. The van der Waals surface area contributed by atoms with Crippen molar-refractivity contribution < 1.29 is 4.79 Å². The van der Waals surface area contributed by atoms with Crippen molar-refractivity contribution in [2.24, 2.45) is 4.99 Å². The highest BCUT2D eigenvalue weighted by Crippen LogP contribution is 2.15. The minimum absolute atomic E-state index is 0.605. The van der Waals surface area contributed by atoms with Gasteiger partial charge in [-0.3, -0.25) is 4.90 Å². The van der Waals surface area contributed by atoms with Gasteiger partial charge in [-0.25, -0.2) is 9.79 Å². The second kappa shape index (κ2) is 5.07. The van der Waals surface area contributed by atoms with Gasteiger partial charge in [0, 0.05) is 12.6 Å². The molecule has 0 N–H and O–H groups in total. The van der Waals surface area contributed by atoms with E-state index in [0.717, 1.165) is 13.1 Å². The van der Waals surface area contributed by atoms with E-state index in [1.54, 1.807) is 6.08 Å². The molecule has 0 saturated carbocycles. The molecule has 3 heteroatoms. The van der Waals surface area contributed by atoms with Crippen LogP contribution in [0.4, 0.5) is 0 Å². The first kappa shape index (κ1) is 9.43. The maximum absolute atomic E-state index is 9.82. The summed E-state index contributed by atoms with van der Waals surface area (Å²) in [5.41, 5.74) is 0. The molecular formula is C9H16N2O. The lowest BCUT2D eigenvalue weighted by Crippen LogP contribution is -2.38. The zero-order valence-electron chi connectivity index (χ0n) is 7.62. The Morgan fingerprint density at radius 3 is 3.08 bits per heavy atom. The van der Waals surface area contributed by atoms with Crippen LogP contribution in [0.5, 0.6) is 0 Å². The Labute approximate surface area is 73.5 Å². The molecule has 1 atom stereocenters. The second-order valence-electron chi connectivity index (χ2n) is 3.35. The topological polar surface area (TPSA) is 32.7 Å². The lowest BCUT2D eigenvalue weighted by molar-refractivity contribution is 0.166. The van der Waals surface area contributed by atoms with Gasteiger partial charge >= 0.3 is 0 Å². The Bertz CT molecular complexity index is 175. The number of nitrogens with zero attached hydrogens (tertiary/aromatic N) is 2. The number of rotatable bonds is 3. The van der Waals surface area contributed by atoms with Gasteiger partial charge in [0.05, 0.1) is 6.54 Å².